The zero-order chi connectivity index (χ0) is 11.5. The van der Waals surface area contributed by atoms with Gasteiger partial charge >= 0.3 is 0 Å². The first-order valence-electron chi connectivity index (χ1n) is 5.82. The summed E-state index contributed by atoms with van der Waals surface area (Å²) in [6.07, 6.45) is 0.822. The number of carbonyl (C=O) groups excluding carboxylic acids is 1. The van der Waals surface area contributed by atoms with Crippen molar-refractivity contribution in [3.8, 4) is 0 Å². The second-order valence-electron chi connectivity index (χ2n) is 4.30. The van der Waals surface area contributed by atoms with Gasteiger partial charge in [-0.2, -0.15) is 0 Å². The largest absolute Gasteiger partial charge is 0.334 e. The minimum Gasteiger partial charge on any atom is -0.334 e. The summed E-state index contributed by atoms with van der Waals surface area (Å²) in [6.45, 7) is 3.94. The molecule has 0 bridgehead atoms. The van der Waals surface area contributed by atoms with Gasteiger partial charge in [-0.05, 0) is 17.5 Å². The third-order valence-corrected chi connectivity index (χ3v) is 3.28. The zero-order valence-corrected chi connectivity index (χ0v) is 9.65. The van der Waals surface area contributed by atoms with Crippen LogP contribution in [-0.4, -0.2) is 17.4 Å². The molecule has 1 aliphatic heterocycles. The van der Waals surface area contributed by atoms with Crippen molar-refractivity contribution in [2.24, 2.45) is 11.7 Å². The lowest BCUT2D eigenvalue weighted by molar-refractivity contribution is -0.135. The number of hydrogen-bond donors (Lipinski definition) is 1. The minimum atomic E-state index is -0.0192. The molecule has 3 nitrogen and oxygen atoms in total. The predicted octanol–water partition coefficient (Wildman–Crippen LogP) is 1.51. The third kappa shape index (κ3) is 1.95. The van der Waals surface area contributed by atoms with Gasteiger partial charge in [0, 0.05) is 19.6 Å². The molecule has 1 atom stereocenters. The summed E-state index contributed by atoms with van der Waals surface area (Å²) in [5.41, 5.74) is 8.14. The summed E-state index contributed by atoms with van der Waals surface area (Å²) in [5, 5.41) is 0. The van der Waals surface area contributed by atoms with Gasteiger partial charge in [0.1, 0.15) is 0 Å². The summed E-state index contributed by atoms with van der Waals surface area (Å²) in [7, 11) is 0. The van der Waals surface area contributed by atoms with Crippen molar-refractivity contribution in [2.45, 2.75) is 26.4 Å². The Kier molecular flexibility index (Phi) is 3.25. The summed E-state index contributed by atoms with van der Waals surface area (Å²) < 4.78 is 0. The molecule has 1 unspecified atom stereocenters. The lowest BCUT2D eigenvalue weighted by Crippen LogP contribution is -2.35. The van der Waals surface area contributed by atoms with Crippen LogP contribution >= 0.6 is 0 Å². The fraction of sp³-hybridized carbons (Fsp3) is 0.462. The van der Waals surface area contributed by atoms with E-state index in [1.165, 1.54) is 11.1 Å². The Hall–Kier alpha value is -1.35. The molecule has 2 N–H and O–H groups in total. The lowest BCUT2D eigenvalue weighted by atomic mass is 10.1. The van der Waals surface area contributed by atoms with Crippen molar-refractivity contribution < 1.29 is 4.79 Å². The van der Waals surface area contributed by atoms with Crippen LogP contribution in [-0.2, 0) is 17.9 Å². The highest BCUT2D eigenvalue weighted by atomic mass is 16.2. The van der Waals surface area contributed by atoms with E-state index in [0.717, 1.165) is 19.5 Å². The first kappa shape index (κ1) is 11.1. The molecule has 2 rings (SSSR count). The average molecular weight is 218 g/mol. The van der Waals surface area contributed by atoms with Gasteiger partial charge in [0.25, 0.3) is 0 Å². The van der Waals surface area contributed by atoms with E-state index >= 15 is 0 Å². The van der Waals surface area contributed by atoms with Gasteiger partial charge in [-0.3, -0.25) is 4.79 Å². The van der Waals surface area contributed by atoms with Crippen LogP contribution in [0.4, 0.5) is 0 Å². The van der Waals surface area contributed by atoms with Gasteiger partial charge in [-0.1, -0.05) is 31.2 Å². The molecule has 0 saturated heterocycles. The van der Waals surface area contributed by atoms with Gasteiger partial charge in [0.05, 0.1) is 5.92 Å². The molecule has 3 heteroatoms. The molecule has 0 aromatic heterocycles. The summed E-state index contributed by atoms with van der Waals surface area (Å²) in [4.78, 5) is 14.0. The maximum Gasteiger partial charge on any atom is 0.227 e. The molecule has 1 amide bonds. The number of hydrogen-bond acceptors (Lipinski definition) is 2. The summed E-state index contributed by atoms with van der Waals surface area (Å²) in [5.74, 6) is 0.176. The van der Waals surface area contributed by atoms with Gasteiger partial charge in [-0.25, -0.2) is 0 Å². The predicted molar refractivity (Wildman–Crippen MR) is 63.5 cm³/mol. The maximum absolute atomic E-state index is 12.1. The first-order valence-corrected chi connectivity index (χ1v) is 5.82. The molecule has 0 aliphatic carbocycles. The molecule has 0 spiro atoms. The Bertz CT molecular complexity index is 360. The Balaban J connectivity index is 2.08. The van der Waals surface area contributed by atoms with Crippen molar-refractivity contribution in [1.29, 1.82) is 0 Å². The summed E-state index contributed by atoms with van der Waals surface area (Å²) in [6, 6.07) is 8.22. The molecule has 0 saturated carbocycles. The van der Waals surface area contributed by atoms with E-state index in [0.29, 0.717) is 6.54 Å². The zero-order valence-electron chi connectivity index (χ0n) is 9.65. The highest BCUT2D eigenvalue weighted by Crippen LogP contribution is 2.24. The van der Waals surface area contributed by atoms with Crippen LogP contribution in [0.2, 0.25) is 0 Å². The maximum atomic E-state index is 12.1. The van der Waals surface area contributed by atoms with Crippen LogP contribution in [0.25, 0.3) is 0 Å². The van der Waals surface area contributed by atoms with E-state index in [2.05, 4.69) is 12.1 Å². The van der Waals surface area contributed by atoms with Crippen molar-refractivity contribution in [2.75, 3.05) is 6.54 Å². The number of rotatable bonds is 3. The number of nitrogens with two attached hydrogens (primary N) is 1. The second kappa shape index (κ2) is 4.66. The Labute approximate surface area is 96.2 Å². The number of nitrogens with zero attached hydrogens (tertiary/aromatic N) is 1. The monoisotopic (exact) mass is 218 g/mol. The average Bonchev–Trinajstić information content (AvgIpc) is 2.74. The molecule has 1 aliphatic rings. The van der Waals surface area contributed by atoms with Gasteiger partial charge in [0.2, 0.25) is 5.91 Å². The summed E-state index contributed by atoms with van der Waals surface area (Å²) >= 11 is 0. The van der Waals surface area contributed by atoms with E-state index in [1.807, 2.05) is 24.0 Å². The lowest BCUT2D eigenvalue weighted by Gasteiger charge is -2.21. The van der Waals surface area contributed by atoms with E-state index in [9.17, 15) is 4.79 Å². The van der Waals surface area contributed by atoms with Crippen molar-refractivity contribution in [1.82, 2.24) is 4.90 Å². The smallest absolute Gasteiger partial charge is 0.227 e. The fourth-order valence-electron chi connectivity index (χ4n) is 2.19. The van der Waals surface area contributed by atoms with Crippen molar-refractivity contribution in [3.05, 3.63) is 35.4 Å². The Morgan fingerprint density at radius 1 is 1.38 bits per heavy atom. The topological polar surface area (TPSA) is 46.3 Å². The van der Waals surface area contributed by atoms with E-state index in [1.54, 1.807) is 0 Å². The van der Waals surface area contributed by atoms with Gasteiger partial charge in [0.15, 0.2) is 0 Å². The first-order chi connectivity index (χ1) is 7.76. The van der Waals surface area contributed by atoms with E-state index in [4.69, 9.17) is 5.73 Å². The normalized spacial score (nSPS) is 16.0. The van der Waals surface area contributed by atoms with Crippen LogP contribution in [0, 0.1) is 5.92 Å². The number of benzene rings is 1. The van der Waals surface area contributed by atoms with Crippen LogP contribution in [0.5, 0.6) is 0 Å². The van der Waals surface area contributed by atoms with Crippen LogP contribution in [0.15, 0.2) is 24.3 Å². The number of carbonyl (C=O) groups is 1. The van der Waals surface area contributed by atoms with E-state index < -0.39 is 0 Å². The highest BCUT2D eigenvalue weighted by Gasteiger charge is 2.26. The number of amides is 1. The number of fused-ring (bicyclic) bond motifs is 1. The quantitative estimate of drug-likeness (QED) is 0.836. The molecule has 1 aromatic carbocycles. The SMILES string of the molecule is CCC(CN)C(=O)N1Cc2ccccc2C1. The van der Waals surface area contributed by atoms with Gasteiger partial charge < -0.3 is 10.6 Å². The molecule has 86 valence electrons. The fourth-order valence-corrected chi connectivity index (χ4v) is 2.19. The third-order valence-electron chi connectivity index (χ3n) is 3.28. The van der Waals surface area contributed by atoms with Gasteiger partial charge in [-0.15, -0.1) is 0 Å². The molecular formula is C13H18N2O. The minimum absolute atomic E-state index is 0.0192. The van der Waals surface area contributed by atoms with Crippen molar-refractivity contribution >= 4 is 5.91 Å². The van der Waals surface area contributed by atoms with Crippen LogP contribution in [0.3, 0.4) is 0 Å². The van der Waals surface area contributed by atoms with Crippen LogP contribution < -0.4 is 5.73 Å². The molecule has 1 aromatic rings. The molecule has 1 heterocycles. The molecule has 0 radical (unpaired) electrons. The van der Waals surface area contributed by atoms with E-state index in [-0.39, 0.29) is 11.8 Å². The molecule has 0 fully saturated rings. The second-order valence-corrected chi connectivity index (χ2v) is 4.30. The Morgan fingerprint density at radius 3 is 2.38 bits per heavy atom. The Morgan fingerprint density at radius 2 is 1.94 bits per heavy atom. The van der Waals surface area contributed by atoms with Crippen molar-refractivity contribution in [3.63, 3.8) is 0 Å². The molecule has 16 heavy (non-hydrogen) atoms. The molecular weight excluding hydrogens is 200 g/mol. The standard InChI is InChI=1S/C13H18N2O/c1-2-10(7-14)13(16)15-8-11-5-3-4-6-12(11)9-15/h3-6,10H,2,7-9,14H2,1H3. The highest BCUT2D eigenvalue weighted by molar-refractivity contribution is 5.79. The van der Waals surface area contributed by atoms with Crippen LogP contribution in [0.1, 0.15) is 24.5 Å².